The molecule has 13 nitrogen and oxygen atoms in total. The summed E-state index contributed by atoms with van der Waals surface area (Å²) < 4.78 is 26.4. The van der Waals surface area contributed by atoms with Gasteiger partial charge in [-0.15, -0.1) is 0 Å². The largest absolute Gasteiger partial charge is 0.486 e. The number of nitriles is 1. The molecule has 1 aromatic heterocycles. The number of amides is 2. The van der Waals surface area contributed by atoms with Crippen molar-refractivity contribution >= 4 is 29.1 Å². The van der Waals surface area contributed by atoms with E-state index in [9.17, 15) is 14.9 Å². The zero-order valence-corrected chi connectivity index (χ0v) is 25.6. The number of hydrogen-bond acceptors (Lipinski definition) is 11. The first-order valence-corrected chi connectivity index (χ1v) is 15.7. The van der Waals surface area contributed by atoms with E-state index >= 15 is 4.39 Å². The molecule has 0 radical (unpaired) electrons. The number of halogens is 1. The molecule has 2 aromatic carbocycles. The van der Waals surface area contributed by atoms with E-state index in [2.05, 4.69) is 53.6 Å². The number of benzene rings is 2. The number of alkyl halides is 1. The van der Waals surface area contributed by atoms with Gasteiger partial charge in [-0.2, -0.15) is 10.2 Å². The first-order chi connectivity index (χ1) is 22.9. The van der Waals surface area contributed by atoms with Gasteiger partial charge in [0, 0.05) is 62.5 Å². The summed E-state index contributed by atoms with van der Waals surface area (Å²) in [4.78, 5) is 43.4. The number of anilines is 3. The van der Waals surface area contributed by atoms with Crippen LogP contribution in [0.5, 0.6) is 5.75 Å². The summed E-state index contributed by atoms with van der Waals surface area (Å²) in [7, 11) is 0. The second-order valence-electron chi connectivity index (χ2n) is 11.9. The molecule has 3 fully saturated rings. The van der Waals surface area contributed by atoms with Crippen LogP contribution in [0, 0.1) is 11.3 Å². The molecule has 0 bridgehead atoms. The topological polar surface area (TPSA) is 149 Å². The molecule has 7 rings (SSSR count). The SMILES string of the molecule is N#Cc1cc(-c2ncnc(Nc3ccc(N4CCN(C5COC5)CC4)cc3)n2)ccc1OC1CCN(C(=O)C2=CCC(=O)N2)CC1F. The predicted octanol–water partition coefficient (Wildman–Crippen LogP) is 2.40. The molecule has 3 aromatic rings. The standard InChI is InChI=1S/C33H34FN9O4/c34-26-17-43(32(45)27-6-8-30(44)39-27)10-9-29(26)47-28-7-1-21(15-22(28)16-35)31-36-20-37-33(40-31)38-23-2-4-24(5-3-23)41-11-13-42(14-12-41)25-18-46-19-25/h1-7,15,20,25-26,29H,8-14,17-19H2,(H,39,44)(H,36,37,38,40). The van der Waals surface area contributed by atoms with Gasteiger partial charge in [0.25, 0.3) is 5.91 Å². The van der Waals surface area contributed by atoms with Crippen LogP contribution >= 0.6 is 0 Å². The third-order valence-electron chi connectivity index (χ3n) is 8.91. The van der Waals surface area contributed by atoms with E-state index < -0.39 is 18.2 Å². The molecule has 14 heteroatoms. The zero-order chi connectivity index (χ0) is 32.3. The number of piperidine rings is 1. The number of rotatable bonds is 8. The fraction of sp³-hybridized carbons (Fsp3) is 0.394. The van der Waals surface area contributed by atoms with E-state index in [-0.39, 0.29) is 48.8 Å². The van der Waals surface area contributed by atoms with Crippen molar-refractivity contribution in [2.75, 3.05) is 62.7 Å². The molecule has 2 N–H and O–H groups in total. The van der Waals surface area contributed by atoms with Crippen LogP contribution in [0.25, 0.3) is 11.4 Å². The van der Waals surface area contributed by atoms with Crippen molar-refractivity contribution in [1.29, 1.82) is 5.26 Å². The highest BCUT2D eigenvalue weighted by Crippen LogP contribution is 2.29. The second kappa shape index (κ2) is 13.3. The lowest BCUT2D eigenvalue weighted by molar-refractivity contribution is -0.132. The number of carbonyl (C=O) groups is 2. The summed E-state index contributed by atoms with van der Waals surface area (Å²) in [5, 5.41) is 15.6. The highest BCUT2D eigenvalue weighted by atomic mass is 19.1. The first kappa shape index (κ1) is 30.5. The molecule has 2 amide bonds. The lowest BCUT2D eigenvalue weighted by Gasteiger charge is -2.43. The van der Waals surface area contributed by atoms with Crippen LogP contribution in [0.15, 0.2) is 60.6 Å². The Morgan fingerprint density at radius 1 is 1.09 bits per heavy atom. The van der Waals surface area contributed by atoms with Gasteiger partial charge in [-0.1, -0.05) is 0 Å². The summed E-state index contributed by atoms with van der Waals surface area (Å²) in [5.74, 6) is 0.283. The molecule has 5 heterocycles. The van der Waals surface area contributed by atoms with Gasteiger partial charge in [-0.3, -0.25) is 14.5 Å². The van der Waals surface area contributed by atoms with Crippen molar-refractivity contribution in [3.05, 3.63) is 66.1 Å². The number of ether oxygens (including phenoxy) is 2. The smallest absolute Gasteiger partial charge is 0.270 e. The summed E-state index contributed by atoms with van der Waals surface area (Å²) in [5.41, 5.74) is 2.96. The Balaban J connectivity index is 0.960. The van der Waals surface area contributed by atoms with Crippen molar-refractivity contribution in [2.24, 2.45) is 0 Å². The van der Waals surface area contributed by atoms with Gasteiger partial charge in [-0.05, 0) is 48.5 Å². The molecule has 0 saturated carbocycles. The summed E-state index contributed by atoms with van der Waals surface area (Å²) in [6.07, 6.45) is 0.976. The minimum Gasteiger partial charge on any atom is -0.486 e. The van der Waals surface area contributed by atoms with Gasteiger partial charge < -0.3 is 29.9 Å². The maximum absolute atomic E-state index is 15.1. The third kappa shape index (κ3) is 6.72. The first-order valence-electron chi connectivity index (χ1n) is 15.7. The van der Waals surface area contributed by atoms with Crippen LogP contribution in [0.4, 0.5) is 21.7 Å². The Hall–Kier alpha value is -5.13. The Morgan fingerprint density at radius 2 is 1.89 bits per heavy atom. The van der Waals surface area contributed by atoms with Gasteiger partial charge in [0.05, 0.1) is 31.4 Å². The Bertz CT molecular complexity index is 1720. The molecule has 47 heavy (non-hydrogen) atoms. The molecule has 0 aliphatic carbocycles. The molecule has 4 aliphatic heterocycles. The Morgan fingerprint density at radius 3 is 2.57 bits per heavy atom. The maximum atomic E-state index is 15.1. The highest BCUT2D eigenvalue weighted by Gasteiger charge is 2.35. The van der Waals surface area contributed by atoms with E-state index in [4.69, 9.17) is 9.47 Å². The normalized spacial score (nSPS) is 21.8. The van der Waals surface area contributed by atoms with Crippen LogP contribution in [-0.2, 0) is 14.3 Å². The quantitative estimate of drug-likeness (QED) is 0.374. The van der Waals surface area contributed by atoms with E-state index in [1.165, 1.54) is 17.3 Å². The fourth-order valence-electron chi connectivity index (χ4n) is 6.14. The van der Waals surface area contributed by atoms with E-state index in [0.29, 0.717) is 23.4 Å². The van der Waals surface area contributed by atoms with Crippen molar-refractivity contribution < 1.29 is 23.5 Å². The predicted molar refractivity (Wildman–Crippen MR) is 169 cm³/mol. The number of carbonyl (C=O) groups excluding carboxylic acids is 2. The summed E-state index contributed by atoms with van der Waals surface area (Å²) in [6.45, 7) is 5.78. The summed E-state index contributed by atoms with van der Waals surface area (Å²) >= 11 is 0. The highest BCUT2D eigenvalue weighted by molar-refractivity contribution is 6.00. The lowest BCUT2D eigenvalue weighted by Crippen LogP contribution is -2.56. The van der Waals surface area contributed by atoms with Gasteiger partial charge >= 0.3 is 0 Å². The number of piperazine rings is 1. The van der Waals surface area contributed by atoms with E-state index in [1.54, 1.807) is 18.2 Å². The van der Waals surface area contributed by atoms with Crippen molar-refractivity contribution in [3.8, 4) is 23.2 Å². The average Bonchev–Trinajstić information content (AvgIpc) is 3.51. The average molecular weight is 640 g/mol. The lowest BCUT2D eigenvalue weighted by atomic mass is 10.0. The van der Waals surface area contributed by atoms with Crippen LogP contribution in [-0.4, -0.2) is 107 Å². The zero-order valence-electron chi connectivity index (χ0n) is 25.6. The molecule has 3 saturated heterocycles. The van der Waals surface area contributed by atoms with Crippen molar-refractivity contribution in [1.82, 2.24) is 30.1 Å². The van der Waals surface area contributed by atoms with Gasteiger partial charge in [0.1, 0.15) is 29.9 Å². The minimum atomic E-state index is -1.47. The molecule has 242 valence electrons. The minimum absolute atomic E-state index is 0.138. The van der Waals surface area contributed by atoms with Gasteiger partial charge in [-0.25, -0.2) is 14.4 Å². The number of hydrogen-bond donors (Lipinski definition) is 2. The fourth-order valence-corrected chi connectivity index (χ4v) is 6.14. The van der Waals surface area contributed by atoms with Gasteiger partial charge in [0.15, 0.2) is 12.0 Å². The molecule has 0 spiro atoms. The molecular weight excluding hydrogens is 605 g/mol. The van der Waals surface area contributed by atoms with Crippen LogP contribution in [0.1, 0.15) is 18.4 Å². The number of nitrogens with one attached hydrogen (secondary N) is 2. The number of aromatic nitrogens is 3. The van der Waals surface area contributed by atoms with Crippen LogP contribution < -0.4 is 20.3 Å². The molecule has 2 unspecified atom stereocenters. The van der Waals surface area contributed by atoms with E-state index in [0.717, 1.165) is 50.8 Å². The molecule has 4 aliphatic rings. The summed E-state index contributed by atoms with van der Waals surface area (Å²) in [6, 6.07) is 15.8. The maximum Gasteiger partial charge on any atom is 0.270 e. The van der Waals surface area contributed by atoms with E-state index in [1.807, 2.05) is 12.1 Å². The molecular formula is C33H34FN9O4. The van der Waals surface area contributed by atoms with Crippen molar-refractivity contribution in [3.63, 3.8) is 0 Å². The van der Waals surface area contributed by atoms with Crippen LogP contribution in [0.3, 0.4) is 0 Å². The number of nitrogens with zero attached hydrogens (tertiary/aromatic N) is 7. The second-order valence-corrected chi connectivity index (χ2v) is 11.9. The van der Waals surface area contributed by atoms with Crippen LogP contribution in [0.2, 0.25) is 0 Å². The third-order valence-corrected chi connectivity index (χ3v) is 8.91. The van der Waals surface area contributed by atoms with Gasteiger partial charge in [0.2, 0.25) is 11.9 Å². The monoisotopic (exact) mass is 639 g/mol. The number of likely N-dealkylation sites (tertiary alicyclic amines) is 1. The Labute approximate surface area is 271 Å². The van der Waals surface area contributed by atoms with Crippen molar-refractivity contribution in [2.45, 2.75) is 31.2 Å². The Kier molecular flexibility index (Phi) is 8.64. The molecule has 2 atom stereocenters.